The normalized spacial score (nSPS) is 11.8. The summed E-state index contributed by atoms with van der Waals surface area (Å²) in [7, 11) is 0. The molecule has 1 aromatic carbocycles. The zero-order valence-corrected chi connectivity index (χ0v) is 11.0. The van der Waals surface area contributed by atoms with Crippen LogP contribution in [0.3, 0.4) is 0 Å². The molecule has 0 heterocycles. The second kappa shape index (κ2) is 8.26. The number of carbonyl (C=O) groups excluding carboxylic acids is 1. The maximum absolute atomic E-state index is 11.5. The standard InChI is InChI=1S/C14H19NO4/c1-11(7-8-14(17)18)15-13(16)10-19-9-12-5-3-2-4-6-12/h2-6,11H,7-10H2,1H3,(H,15,16)(H,17,18). The summed E-state index contributed by atoms with van der Waals surface area (Å²) in [6.07, 6.45) is 0.464. The van der Waals surface area contributed by atoms with Crippen LogP contribution >= 0.6 is 0 Å². The Balaban J connectivity index is 2.15. The third kappa shape index (κ3) is 7.21. The number of rotatable bonds is 8. The van der Waals surface area contributed by atoms with Crippen molar-refractivity contribution in [2.24, 2.45) is 0 Å². The van der Waals surface area contributed by atoms with E-state index in [9.17, 15) is 9.59 Å². The van der Waals surface area contributed by atoms with Crippen LogP contribution in [0, 0.1) is 0 Å². The van der Waals surface area contributed by atoms with E-state index in [1.165, 1.54) is 0 Å². The molecule has 0 saturated carbocycles. The third-order valence-corrected chi connectivity index (χ3v) is 2.54. The van der Waals surface area contributed by atoms with E-state index in [1.54, 1.807) is 6.92 Å². The van der Waals surface area contributed by atoms with Crippen LogP contribution in [-0.4, -0.2) is 29.6 Å². The number of hydrogen-bond donors (Lipinski definition) is 2. The van der Waals surface area contributed by atoms with Crippen LogP contribution in [0.5, 0.6) is 0 Å². The number of amides is 1. The lowest BCUT2D eigenvalue weighted by Gasteiger charge is -2.12. The summed E-state index contributed by atoms with van der Waals surface area (Å²) in [5.41, 5.74) is 1.01. The maximum Gasteiger partial charge on any atom is 0.303 e. The first kappa shape index (κ1) is 15.2. The summed E-state index contributed by atoms with van der Waals surface area (Å²) in [5, 5.41) is 11.2. The van der Waals surface area contributed by atoms with Crippen LogP contribution < -0.4 is 5.32 Å². The largest absolute Gasteiger partial charge is 0.481 e. The van der Waals surface area contributed by atoms with Gasteiger partial charge in [-0.05, 0) is 18.9 Å². The summed E-state index contributed by atoms with van der Waals surface area (Å²) >= 11 is 0. The Morgan fingerprint density at radius 2 is 2.00 bits per heavy atom. The lowest BCUT2D eigenvalue weighted by Crippen LogP contribution is -2.35. The fraction of sp³-hybridized carbons (Fsp3) is 0.429. The molecule has 0 bridgehead atoms. The lowest BCUT2D eigenvalue weighted by atomic mass is 10.2. The number of nitrogens with one attached hydrogen (secondary N) is 1. The molecule has 5 nitrogen and oxygen atoms in total. The van der Waals surface area contributed by atoms with Gasteiger partial charge in [-0.25, -0.2) is 0 Å². The second-order valence-electron chi connectivity index (χ2n) is 4.38. The second-order valence-corrected chi connectivity index (χ2v) is 4.38. The minimum Gasteiger partial charge on any atom is -0.481 e. The van der Waals surface area contributed by atoms with Gasteiger partial charge in [0.1, 0.15) is 6.61 Å². The first-order chi connectivity index (χ1) is 9.08. The van der Waals surface area contributed by atoms with Gasteiger partial charge in [0.2, 0.25) is 5.91 Å². The molecule has 0 fully saturated rings. The van der Waals surface area contributed by atoms with Crippen molar-refractivity contribution < 1.29 is 19.4 Å². The molecule has 1 amide bonds. The number of hydrogen-bond acceptors (Lipinski definition) is 3. The summed E-state index contributed by atoms with van der Waals surface area (Å²) in [5.74, 6) is -1.09. The Labute approximate surface area is 112 Å². The molecule has 1 unspecified atom stereocenters. The Bertz CT molecular complexity index is 405. The van der Waals surface area contributed by atoms with Gasteiger partial charge in [0.15, 0.2) is 0 Å². The molecular weight excluding hydrogens is 246 g/mol. The molecule has 5 heteroatoms. The smallest absolute Gasteiger partial charge is 0.303 e. The molecule has 0 aliphatic rings. The molecule has 2 N–H and O–H groups in total. The summed E-state index contributed by atoms with van der Waals surface area (Å²) in [6.45, 7) is 2.14. The Kier molecular flexibility index (Phi) is 6.60. The minimum atomic E-state index is -0.860. The highest BCUT2D eigenvalue weighted by atomic mass is 16.5. The molecule has 0 aliphatic heterocycles. The van der Waals surface area contributed by atoms with Gasteiger partial charge in [0.25, 0.3) is 0 Å². The van der Waals surface area contributed by atoms with Gasteiger partial charge in [-0.3, -0.25) is 9.59 Å². The quantitative estimate of drug-likeness (QED) is 0.748. The predicted octanol–water partition coefficient (Wildman–Crippen LogP) is 1.57. The van der Waals surface area contributed by atoms with Crippen molar-refractivity contribution >= 4 is 11.9 Å². The zero-order chi connectivity index (χ0) is 14.1. The van der Waals surface area contributed by atoms with Gasteiger partial charge in [-0.2, -0.15) is 0 Å². The number of aliphatic carboxylic acids is 1. The minimum absolute atomic E-state index is 0.0215. The molecule has 1 atom stereocenters. The number of carbonyl (C=O) groups is 2. The highest BCUT2D eigenvalue weighted by molar-refractivity contribution is 5.77. The van der Waals surface area contributed by atoms with Crippen molar-refractivity contribution in [3.8, 4) is 0 Å². The van der Waals surface area contributed by atoms with E-state index in [2.05, 4.69) is 5.32 Å². The average molecular weight is 265 g/mol. The fourth-order valence-corrected chi connectivity index (χ4v) is 1.56. The molecule has 0 aromatic heterocycles. The van der Waals surface area contributed by atoms with Crippen molar-refractivity contribution in [2.75, 3.05) is 6.61 Å². The van der Waals surface area contributed by atoms with Crippen molar-refractivity contribution in [1.82, 2.24) is 5.32 Å². The van der Waals surface area contributed by atoms with Gasteiger partial charge < -0.3 is 15.2 Å². The highest BCUT2D eigenvalue weighted by Gasteiger charge is 2.09. The molecule has 0 aliphatic carbocycles. The molecule has 0 radical (unpaired) electrons. The summed E-state index contributed by atoms with van der Waals surface area (Å²) < 4.78 is 5.28. The Morgan fingerprint density at radius 1 is 1.32 bits per heavy atom. The molecule has 19 heavy (non-hydrogen) atoms. The van der Waals surface area contributed by atoms with E-state index in [0.29, 0.717) is 13.0 Å². The van der Waals surface area contributed by atoms with Gasteiger partial charge in [-0.15, -0.1) is 0 Å². The van der Waals surface area contributed by atoms with Crippen molar-refractivity contribution in [3.63, 3.8) is 0 Å². The first-order valence-electron chi connectivity index (χ1n) is 6.20. The first-order valence-corrected chi connectivity index (χ1v) is 6.20. The van der Waals surface area contributed by atoms with E-state index in [4.69, 9.17) is 9.84 Å². The average Bonchev–Trinajstić information content (AvgIpc) is 2.37. The van der Waals surface area contributed by atoms with Crippen molar-refractivity contribution in [1.29, 1.82) is 0 Å². The highest BCUT2D eigenvalue weighted by Crippen LogP contribution is 2.00. The van der Waals surface area contributed by atoms with E-state index in [0.717, 1.165) is 5.56 Å². The van der Waals surface area contributed by atoms with Crippen LogP contribution in [0.4, 0.5) is 0 Å². The number of carboxylic acid groups (broad SMARTS) is 1. The van der Waals surface area contributed by atoms with E-state index in [1.807, 2.05) is 30.3 Å². The van der Waals surface area contributed by atoms with E-state index in [-0.39, 0.29) is 25.0 Å². The van der Waals surface area contributed by atoms with E-state index < -0.39 is 5.97 Å². The fourth-order valence-electron chi connectivity index (χ4n) is 1.56. The Morgan fingerprint density at radius 3 is 2.63 bits per heavy atom. The lowest BCUT2D eigenvalue weighted by molar-refractivity contribution is -0.137. The van der Waals surface area contributed by atoms with Crippen LogP contribution in [0.25, 0.3) is 0 Å². The molecule has 0 spiro atoms. The van der Waals surface area contributed by atoms with Gasteiger partial charge in [-0.1, -0.05) is 30.3 Å². The maximum atomic E-state index is 11.5. The molecule has 104 valence electrons. The van der Waals surface area contributed by atoms with Crippen LogP contribution in [-0.2, 0) is 20.9 Å². The SMILES string of the molecule is CC(CCC(=O)O)NC(=O)COCc1ccccc1. The predicted molar refractivity (Wildman–Crippen MR) is 70.6 cm³/mol. The molecule has 0 saturated heterocycles. The van der Waals surface area contributed by atoms with Gasteiger partial charge in [0.05, 0.1) is 6.61 Å². The van der Waals surface area contributed by atoms with E-state index >= 15 is 0 Å². The molecule has 1 rings (SSSR count). The van der Waals surface area contributed by atoms with Gasteiger partial charge in [0, 0.05) is 12.5 Å². The van der Waals surface area contributed by atoms with Crippen LogP contribution in [0.1, 0.15) is 25.3 Å². The monoisotopic (exact) mass is 265 g/mol. The van der Waals surface area contributed by atoms with Gasteiger partial charge >= 0.3 is 5.97 Å². The zero-order valence-electron chi connectivity index (χ0n) is 11.0. The Hall–Kier alpha value is -1.88. The number of carboxylic acids is 1. The topological polar surface area (TPSA) is 75.6 Å². The van der Waals surface area contributed by atoms with Crippen molar-refractivity contribution in [2.45, 2.75) is 32.4 Å². The summed E-state index contributed by atoms with van der Waals surface area (Å²) in [6, 6.07) is 9.42. The summed E-state index contributed by atoms with van der Waals surface area (Å²) in [4.78, 5) is 21.9. The number of ether oxygens (including phenoxy) is 1. The van der Waals surface area contributed by atoms with Crippen molar-refractivity contribution in [3.05, 3.63) is 35.9 Å². The number of benzene rings is 1. The van der Waals surface area contributed by atoms with Crippen LogP contribution in [0.2, 0.25) is 0 Å². The van der Waals surface area contributed by atoms with Crippen LogP contribution in [0.15, 0.2) is 30.3 Å². The third-order valence-electron chi connectivity index (χ3n) is 2.54. The molecular formula is C14H19NO4. The molecule has 1 aromatic rings.